The zero-order chi connectivity index (χ0) is 26.3. The first kappa shape index (κ1) is 32.2. The van der Waals surface area contributed by atoms with Crippen molar-refractivity contribution in [2.24, 2.45) is 5.92 Å². The molecule has 0 spiro atoms. The van der Waals surface area contributed by atoms with Crippen molar-refractivity contribution in [3.8, 4) is 0 Å². The zero-order valence-corrected chi connectivity index (χ0v) is 22.1. The Kier molecular flexibility index (Phi) is 15.5. The first-order valence-electron chi connectivity index (χ1n) is 12.4. The lowest BCUT2D eigenvalue weighted by molar-refractivity contribution is -0.197. The first-order valence-corrected chi connectivity index (χ1v) is 12.8. The summed E-state index contributed by atoms with van der Waals surface area (Å²) in [6, 6.07) is -1.73. The quantitative estimate of drug-likeness (QED) is 0.153. The first-order chi connectivity index (χ1) is 16.4. The second-order valence-corrected chi connectivity index (χ2v) is 9.96. The summed E-state index contributed by atoms with van der Waals surface area (Å²) in [6.07, 6.45) is -0.613. The highest BCUT2D eigenvalue weighted by molar-refractivity contribution is 6.20. The van der Waals surface area contributed by atoms with E-state index in [9.17, 15) is 18.0 Å². The third kappa shape index (κ3) is 15.1. The molecule has 0 aromatic heterocycles. The van der Waals surface area contributed by atoms with Crippen LogP contribution < -0.4 is 16.0 Å². The van der Waals surface area contributed by atoms with Crippen molar-refractivity contribution in [3.05, 3.63) is 0 Å². The molecule has 8 nitrogen and oxygen atoms in total. The van der Waals surface area contributed by atoms with Crippen LogP contribution in [0.4, 0.5) is 18.0 Å². The fourth-order valence-corrected chi connectivity index (χ4v) is 3.94. The Morgan fingerprint density at radius 3 is 2.20 bits per heavy atom. The number of alkyl halides is 4. The minimum absolute atomic E-state index is 0.123. The average molecular weight is 534 g/mol. The maximum atomic E-state index is 13.6. The predicted octanol–water partition coefficient (Wildman–Crippen LogP) is 4.51. The molecule has 1 fully saturated rings. The van der Waals surface area contributed by atoms with E-state index in [2.05, 4.69) is 22.9 Å². The maximum Gasteiger partial charge on any atom is 0.407 e. The summed E-state index contributed by atoms with van der Waals surface area (Å²) in [5.74, 6) is -0.785. The Labute approximate surface area is 212 Å². The van der Waals surface area contributed by atoms with Gasteiger partial charge < -0.3 is 24.3 Å². The van der Waals surface area contributed by atoms with Crippen LogP contribution in [0.2, 0.25) is 0 Å². The lowest BCUT2D eigenvalue weighted by Gasteiger charge is -2.42. The number of nitrogens with one attached hydrogen (secondary N) is 3. The molecular formula is C23H43ClF3N3O5. The molecule has 4 atom stereocenters. The number of halogens is 4. The number of alkyl carbamates (subject to hydrolysis) is 1. The van der Waals surface area contributed by atoms with Crippen molar-refractivity contribution in [3.63, 3.8) is 0 Å². The molecule has 4 unspecified atom stereocenters. The molecule has 208 valence electrons. The van der Waals surface area contributed by atoms with Gasteiger partial charge in [0.15, 0.2) is 0 Å². The van der Waals surface area contributed by atoms with Crippen LogP contribution in [0.25, 0.3) is 0 Å². The number of rotatable bonds is 16. The van der Waals surface area contributed by atoms with Crippen LogP contribution in [-0.4, -0.2) is 75.3 Å². The molecule has 1 rings (SSSR count). The summed E-state index contributed by atoms with van der Waals surface area (Å²) in [7, 11) is 0. The summed E-state index contributed by atoms with van der Waals surface area (Å²) in [6.45, 7) is 8.97. The molecule has 12 heteroatoms. The minimum Gasteiger partial charge on any atom is -0.444 e. The van der Waals surface area contributed by atoms with Crippen LogP contribution >= 0.6 is 11.6 Å². The van der Waals surface area contributed by atoms with E-state index >= 15 is 0 Å². The third-order valence-electron chi connectivity index (χ3n) is 5.26. The molecule has 1 aliphatic heterocycles. The molecule has 1 heterocycles. The van der Waals surface area contributed by atoms with Gasteiger partial charge in [0.25, 0.3) is 0 Å². The summed E-state index contributed by atoms with van der Waals surface area (Å²) in [5, 5.41) is 7.87. The van der Waals surface area contributed by atoms with Gasteiger partial charge in [-0.25, -0.2) is 4.79 Å². The monoisotopic (exact) mass is 533 g/mol. The van der Waals surface area contributed by atoms with Crippen molar-refractivity contribution in [1.82, 2.24) is 16.0 Å². The Morgan fingerprint density at radius 2 is 1.57 bits per heavy atom. The standard InChI is InChI=1S/C23H43ClF3N3O5/c1-5-6-7-8-9-10-17-18(23(25,26)27)29-20(24)30-19(17)34-16-15-33-14-13-32-12-11-28-21(31)35-22(2,3)4/h17-20,29-30H,5-16H2,1-4H3,(H,28,31). The molecule has 0 aromatic rings. The molecule has 0 bridgehead atoms. The Bertz CT molecular complexity index is 582. The molecule has 3 N–H and O–H groups in total. The number of carbonyl (C=O) groups is 1. The second-order valence-electron chi connectivity index (χ2n) is 9.53. The van der Waals surface area contributed by atoms with Gasteiger partial charge in [-0.3, -0.25) is 10.6 Å². The van der Waals surface area contributed by atoms with Crippen molar-refractivity contribution >= 4 is 17.7 Å². The van der Waals surface area contributed by atoms with Gasteiger partial charge in [-0.15, -0.1) is 0 Å². The number of hydrogen-bond donors (Lipinski definition) is 3. The number of amides is 1. The summed E-state index contributed by atoms with van der Waals surface area (Å²) >= 11 is 5.97. The molecule has 1 amide bonds. The highest BCUT2D eigenvalue weighted by Gasteiger charge is 2.50. The van der Waals surface area contributed by atoms with Crippen molar-refractivity contribution in [2.75, 3.05) is 39.6 Å². The molecule has 35 heavy (non-hydrogen) atoms. The second kappa shape index (κ2) is 16.8. The highest BCUT2D eigenvalue weighted by atomic mass is 35.5. The molecule has 1 aliphatic rings. The van der Waals surface area contributed by atoms with Crippen molar-refractivity contribution in [2.45, 2.75) is 95.9 Å². The molecule has 0 radical (unpaired) electrons. The van der Waals surface area contributed by atoms with Crippen molar-refractivity contribution < 1.29 is 36.9 Å². The SMILES string of the molecule is CCCCCCCC1C(OCCOCCOCCNC(=O)OC(C)(C)C)NC(Cl)NC1C(F)(F)F. The zero-order valence-electron chi connectivity index (χ0n) is 21.3. The number of hydrogen-bond acceptors (Lipinski definition) is 7. The van der Waals surface area contributed by atoms with Gasteiger partial charge in [0, 0.05) is 12.5 Å². The number of unbranched alkanes of at least 4 members (excludes halogenated alkanes) is 4. The fraction of sp³-hybridized carbons (Fsp3) is 0.957. The normalized spacial score (nSPS) is 23.3. The summed E-state index contributed by atoms with van der Waals surface area (Å²) < 4.78 is 62.5. The van der Waals surface area contributed by atoms with Gasteiger partial charge in [-0.1, -0.05) is 50.6 Å². The smallest absolute Gasteiger partial charge is 0.407 e. The van der Waals surface area contributed by atoms with E-state index < -0.39 is 41.7 Å². The van der Waals surface area contributed by atoms with Crippen LogP contribution in [0.1, 0.15) is 66.2 Å². The van der Waals surface area contributed by atoms with Crippen LogP contribution in [0.15, 0.2) is 0 Å². The Balaban J connectivity index is 2.28. The van der Waals surface area contributed by atoms with E-state index in [1.807, 2.05) is 0 Å². The van der Waals surface area contributed by atoms with Crippen LogP contribution in [0.5, 0.6) is 0 Å². The van der Waals surface area contributed by atoms with Gasteiger partial charge in [0.1, 0.15) is 23.5 Å². The minimum atomic E-state index is -4.42. The Morgan fingerprint density at radius 1 is 0.943 bits per heavy atom. The lowest BCUT2D eigenvalue weighted by Crippen LogP contribution is -2.66. The van der Waals surface area contributed by atoms with E-state index in [1.165, 1.54) is 0 Å². The third-order valence-corrected chi connectivity index (χ3v) is 5.51. The summed E-state index contributed by atoms with van der Waals surface area (Å²) in [4.78, 5) is 11.5. The Hall–Kier alpha value is -0.850. The van der Waals surface area contributed by atoms with Gasteiger partial charge >= 0.3 is 12.3 Å². The fourth-order valence-electron chi connectivity index (χ4n) is 3.68. The van der Waals surface area contributed by atoms with E-state index in [0.29, 0.717) is 39.2 Å². The van der Waals surface area contributed by atoms with E-state index in [-0.39, 0.29) is 13.2 Å². The lowest BCUT2D eigenvalue weighted by atomic mass is 9.89. The average Bonchev–Trinajstić information content (AvgIpc) is 2.73. The molecular weight excluding hydrogens is 491 g/mol. The van der Waals surface area contributed by atoms with E-state index in [4.69, 9.17) is 30.5 Å². The highest BCUT2D eigenvalue weighted by Crippen LogP contribution is 2.34. The predicted molar refractivity (Wildman–Crippen MR) is 128 cm³/mol. The van der Waals surface area contributed by atoms with Gasteiger partial charge in [-0.05, 0) is 27.2 Å². The topological polar surface area (TPSA) is 90.1 Å². The van der Waals surface area contributed by atoms with Crippen molar-refractivity contribution in [1.29, 1.82) is 0 Å². The van der Waals surface area contributed by atoms with Crippen LogP contribution in [-0.2, 0) is 18.9 Å². The number of carbonyl (C=O) groups excluding carboxylic acids is 1. The molecule has 1 saturated heterocycles. The molecule has 0 saturated carbocycles. The van der Waals surface area contributed by atoms with Crippen LogP contribution in [0.3, 0.4) is 0 Å². The largest absolute Gasteiger partial charge is 0.444 e. The van der Waals surface area contributed by atoms with Gasteiger partial charge in [0.2, 0.25) is 0 Å². The molecule has 0 aromatic carbocycles. The van der Waals surface area contributed by atoms with E-state index in [0.717, 1.165) is 25.7 Å². The van der Waals surface area contributed by atoms with Gasteiger partial charge in [-0.2, -0.15) is 13.2 Å². The number of ether oxygens (including phenoxy) is 4. The maximum absolute atomic E-state index is 13.6. The van der Waals surface area contributed by atoms with Gasteiger partial charge in [0.05, 0.1) is 33.0 Å². The molecule has 0 aliphatic carbocycles. The van der Waals surface area contributed by atoms with E-state index in [1.54, 1.807) is 20.8 Å². The summed E-state index contributed by atoms with van der Waals surface area (Å²) in [5.41, 5.74) is -1.59. The van der Waals surface area contributed by atoms with Crippen LogP contribution in [0, 0.1) is 5.92 Å².